The Hall–Kier alpha value is -0.700. The molecule has 3 heteroatoms. The number of hydrogen-bond acceptors (Lipinski definition) is 2. The van der Waals surface area contributed by atoms with Crippen molar-refractivity contribution in [2.75, 3.05) is 14.2 Å². The van der Waals surface area contributed by atoms with E-state index in [1.807, 2.05) is 12.1 Å². The zero-order valence-electron chi connectivity index (χ0n) is 8.06. The molecule has 0 fully saturated rings. The molecule has 0 radical (unpaired) electrons. The van der Waals surface area contributed by atoms with Gasteiger partial charge in [-0.15, -0.1) is 0 Å². The summed E-state index contributed by atoms with van der Waals surface area (Å²) in [6.07, 6.45) is 0.918. The van der Waals surface area contributed by atoms with Crippen molar-refractivity contribution in [1.29, 1.82) is 0 Å². The average Bonchev–Trinajstić information content (AvgIpc) is 2.17. The van der Waals surface area contributed by atoms with Crippen LogP contribution in [-0.4, -0.2) is 14.2 Å². The number of rotatable bonds is 3. The molecule has 1 rings (SSSR count). The van der Waals surface area contributed by atoms with Crippen LogP contribution in [-0.2, 0) is 6.42 Å². The molecule has 72 valence electrons. The van der Waals surface area contributed by atoms with Gasteiger partial charge in [0.1, 0.15) is 0 Å². The van der Waals surface area contributed by atoms with E-state index in [2.05, 4.69) is 22.9 Å². The molecule has 0 amide bonds. The van der Waals surface area contributed by atoms with Gasteiger partial charge >= 0.3 is 0 Å². The van der Waals surface area contributed by atoms with E-state index >= 15 is 0 Å². The van der Waals surface area contributed by atoms with Crippen LogP contribution in [0.4, 0.5) is 0 Å². The van der Waals surface area contributed by atoms with E-state index in [4.69, 9.17) is 9.47 Å². The first-order valence-electron chi connectivity index (χ1n) is 4.14. The summed E-state index contributed by atoms with van der Waals surface area (Å²) in [6, 6.07) is 3.86. The third-order valence-corrected chi connectivity index (χ3v) is 2.69. The molecule has 0 aliphatic heterocycles. The topological polar surface area (TPSA) is 18.5 Å². The van der Waals surface area contributed by atoms with Gasteiger partial charge in [-0.05, 0) is 18.6 Å². The molecule has 0 unspecified atom stereocenters. The van der Waals surface area contributed by atoms with Gasteiger partial charge in [0, 0.05) is 10.0 Å². The standard InChI is InChI=1S/C10H13BrO2/c1-4-7-8(11)5-6-9(12-2)10(7)13-3/h5-6H,4H2,1-3H3. The molecule has 1 aromatic carbocycles. The SMILES string of the molecule is CCc1c(Br)ccc(OC)c1OC. The minimum atomic E-state index is 0.780. The molecule has 0 aromatic heterocycles. The van der Waals surface area contributed by atoms with E-state index in [0.29, 0.717) is 0 Å². The molecule has 2 nitrogen and oxygen atoms in total. The first-order chi connectivity index (χ1) is 6.24. The van der Waals surface area contributed by atoms with Gasteiger partial charge in [-0.2, -0.15) is 0 Å². The smallest absolute Gasteiger partial charge is 0.165 e. The Kier molecular flexibility index (Phi) is 3.60. The number of benzene rings is 1. The Labute approximate surface area is 87.0 Å². The molecule has 0 spiro atoms. The first-order valence-corrected chi connectivity index (χ1v) is 4.93. The Morgan fingerprint density at radius 2 is 1.92 bits per heavy atom. The van der Waals surface area contributed by atoms with Crippen LogP contribution >= 0.6 is 15.9 Å². The third kappa shape index (κ3) is 1.97. The quantitative estimate of drug-likeness (QED) is 0.814. The van der Waals surface area contributed by atoms with E-state index in [1.165, 1.54) is 0 Å². The van der Waals surface area contributed by atoms with Crippen molar-refractivity contribution in [3.05, 3.63) is 22.2 Å². The second kappa shape index (κ2) is 4.51. The molecular formula is C10H13BrO2. The van der Waals surface area contributed by atoms with Gasteiger partial charge in [0.15, 0.2) is 11.5 Å². The summed E-state index contributed by atoms with van der Waals surface area (Å²) in [4.78, 5) is 0. The Balaban J connectivity index is 3.27. The van der Waals surface area contributed by atoms with E-state index in [9.17, 15) is 0 Å². The zero-order chi connectivity index (χ0) is 9.84. The van der Waals surface area contributed by atoms with Gasteiger partial charge in [-0.1, -0.05) is 22.9 Å². The van der Waals surface area contributed by atoms with Gasteiger partial charge in [-0.3, -0.25) is 0 Å². The van der Waals surface area contributed by atoms with Gasteiger partial charge in [0.25, 0.3) is 0 Å². The highest BCUT2D eigenvalue weighted by Gasteiger charge is 2.11. The lowest BCUT2D eigenvalue weighted by Crippen LogP contribution is -1.95. The number of methoxy groups -OCH3 is 2. The maximum absolute atomic E-state index is 5.28. The summed E-state index contributed by atoms with van der Waals surface area (Å²) in [5.41, 5.74) is 1.14. The van der Waals surface area contributed by atoms with Crippen LogP contribution in [0.15, 0.2) is 16.6 Å². The minimum Gasteiger partial charge on any atom is -0.493 e. The fourth-order valence-corrected chi connectivity index (χ4v) is 1.89. The molecule has 0 bridgehead atoms. The molecule has 1 aromatic rings. The van der Waals surface area contributed by atoms with Crippen molar-refractivity contribution < 1.29 is 9.47 Å². The predicted octanol–water partition coefficient (Wildman–Crippen LogP) is 3.03. The lowest BCUT2D eigenvalue weighted by atomic mass is 10.1. The van der Waals surface area contributed by atoms with E-state index < -0.39 is 0 Å². The molecule has 0 aliphatic carbocycles. The third-order valence-electron chi connectivity index (χ3n) is 1.94. The average molecular weight is 245 g/mol. The maximum Gasteiger partial charge on any atom is 0.165 e. The summed E-state index contributed by atoms with van der Waals surface area (Å²) in [5, 5.41) is 0. The Bertz CT molecular complexity index is 297. The van der Waals surface area contributed by atoms with Gasteiger partial charge in [0.2, 0.25) is 0 Å². The van der Waals surface area contributed by atoms with Crippen LogP contribution in [0.5, 0.6) is 11.5 Å². The van der Waals surface area contributed by atoms with Crippen molar-refractivity contribution in [2.24, 2.45) is 0 Å². The lowest BCUT2D eigenvalue weighted by Gasteiger charge is -2.12. The fourth-order valence-electron chi connectivity index (χ4n) is 1.30. The highest BCUT2D eigenvalue weighted by atomic mass is 79.9. The van der Waals surface area contributed by atoms with Crippen LogP contribution in [0, 0.1) is 0 Å². The van der Waals surface area contributed by atoms with Crippen LogP contribution in [0.25, 0.3) is 0 Å². The van der Waals surface area contributed by atoms with Crippen molar-refractivity contribution in [3.8, 4) is 11.5 Å². The number of halogens is 1. The second-order valence-corrected chi connectivity index (χ2v) is 3.47. The first kappa shape index (κ1) is 10.4. The lowest BCUT2D eigenvalue weighted by molar-refractivity contribution is 0.351. The van der Waals surface area contributed by atoms with Gasteiger partial charge in [0.05, 0.1) is 14.2 Å². The Morgan fingerprint density at radius 3 is 2.38 bits per heavy atom. The molecule has 0 saturated carbocycles. The van der Waals surface area contributed by atoms with Gasteiger partial charge < -0.3 is 9.47 Å². The van der Waals surface area contributed by atoms with Crippen molar-refractivity contribution in [3.63, 3.8) is 0 Å². The molecule has 0 N–H and O–H groups in total. The summed E-state index contributed by atoms with van der Waals surface area (Å²) >= 11 is 3.48. The molecule has 13 heavy (non-hydrogen) atoms. The summed E-state index contributed by atoms with van der Waals surface area (Å²) in [6.45, 7) is 2.09. The summed E-state index contributed by atoms with van der Waals surface area (Å²) in [5.74, 6) is 1.60. The Morgan fingerprint density at radius 1 is 1.23 bits per heavy atom. The highest BCUT2D eigenvalue weighted by Crippen LogP contribution is 2.35. The molecular weight excluding hydrogens is 232 g/mol. The summed E-state index contributed by atoms with van der Waals surface area (Å²) in [7, 11) is 3.30. The summed E-state index contributed by atoms with van der Waals surface area (Å²) < 4.78 is 11.5. The van der Waals surface area contributed by atoms with Gasteiger partial charge in [-0.25, -0.2) is 0 Å². The molecule has 0 atom stereocenters. The van der Waals surface area contributed by atoms with Crippen LogP contribution in [0.2, 0.25) is 0 Å². The van der Waals surface area contributed by atoms with E-state index in [-0.39, 0.29) is 0 Å². The monoisotopic (exact) mass is 244 g/mol. The number of hydrogen-bond donors (Lipinski definition) is 0. The van der Waals surface area contributed by atoms with E-state index in [0.717, 1.165) is 28.0 Å². The molecule has 0 aliphatic rings. The largest absolute Gasteiger partial charge is 0.493 e. The predicted molar refractivity (Wildman–Crippen MR) is 56.6 cm³/mol. The second-order valence-electron chi connectivity index (χ2n) is 2.62. The van der Waals surface area contributed by atoms with E-state index in [1.54, 1.807) is 14.2 Å². The molecule has 0 saturated heterocycles. The highest BCUT2D eigenvalue weighted by molar-refractivity contribution is 9.10. The van der Waals surface area contributed by atoms with Crippen molar-refractivity contribution >= 4 is 15.9 Å². The van der Waals surface area contributed by atoms with Crippen molar-refractivity contribution in [2.45, 2.75) is 13.3 Å². The van der Waals surface area contributed by atoms with Crippen molar-refractivity contribution in [1.82, 2.24) is 0 Å². The number of ether oxygens (including phenoxy) is 2. The van der Waals surface area contributed by atoms with Crippen LogP contribution in [0.1, 0.15) is 12.5 Å². The normalized spacial score (nSPS) is 9.85. The maximum atomic E-state index is 5.28. The minimum absolute atomic E-state index is 0.780. The van der Waals surface area contributed by atoms with Crippen LogP contribution in [0.3, 0.4) is 0 Å². The van der Waals surface area contributed by atoms with Crippen LogP contribution < -0.4 is 9.47 Å². The zero-order valence-corrected chi connectivity index (χ0v) is 9.64. The molecule has 0 heterocycles. The fraction of sp³-hybridized carbons (Fsp3) is 0.400.